The van der Waals surface area contributed by atoms with E-state index in [-0.39, 0.29) is 5.75 Å². The van der Waals surface area contributed by atoms with E-state index >= 15 is 0 Å². The molecule has 2 N–H and O–H groups in total. The maximum Gasteiger partial charge on any atom is 0.212 e. The van der Waals surface area contributed by atoms with Crippen LogP contribution in [-0.4, -0.2) is 19.2 Å². The van der Waals surface area contributed by atoms with Gasteiger partial charge in [0.2, 0.25) is 10.0 Å². The van der Waals surface area contributed by atoms with Crippen molar-refractivity contribution in [3.63, 3.8) is 0 Å². The molecule has 0 saturated carbocycles. The number of nitrogens with zero attached hydrogens (tertiary/aromatic N) is 1. The Morgan fingerprint density at radius 3 is 2.85 bits per heavy atom. The Kier molecular flexibility index (Phi) is 3.16. The minimum absolute atomic E-state index is 0.151. The van der Waals surface area contributed by atoms with Crippen LogP contribution in [0.4, 0.5) is 0 Å². The Morgan fingerprint density at radius 1 is 1.54 bits per heavy atom. The highest BCUT2D eigenvalue weighted by atomic mass is 32.2. The second-order valence-electron chi connectivity index (χ2n) is 2.52. The van der Waals surface area contributed by atoms with E-state index in [0.29, 0.717) is 0 Å². The van der Waals surface area contributed by atoms with Crippen molar-refractivity contribution in [3.8, 4) is 0 Å². The number of pyridine rings is 1. The lowest BCUT2D eigenvalue weighted by atomic mass is 10.3. The maximum absolute atomic E-state index is 10.5. The molecule has 0 amide bonds. The van der Waals surface area contributed by atoms with Gasteiger partial charge in [0.25, 0.3) is 0 Å². The van der Waals surface area contributed by atoms with E-state index in [1.54, 1.807) is 24.5 Å². The van der Waals surface area contributed by atoms with Gasteiger partial charge in [-0.25, -0.2) is 13.6 Å². The normalized spacial score (nSPS) is 12.1. The van der Waals surface area contributed by atoms with Gasteiger partial charge in [0.1, 0.15) is 0 Å². The Balaban J connectivity index is 2.61. The Bertz CT molecular complexity index is 384. The van der Waals surface area contributed by atoms with Crippen molar-refractivity contribution < 1.29 is 8.42 Å². The Morgan fingerprint density at radius 2 is 2.31 bits per heavy atom. The Hall–Kier alpha value is -1.20. The molecule has 0 fully saturated rings. The molecule has 13 heavy (non-hydrogen) atoms. The summed E-state index contributed by atoms with van der Waals surface area (Å²) in [5.74, 6) is -0.151. The smallest absolute Gasteiger partial charge is 0.212 e. The largest absolute Gasteiger partial charge is 0.264 e. The predicted octanol–water partition coefficient (Wildman–Crippen LogP) is 0.383. The van der Waals surface area contributed by atoms with E-state index in [1.165, 1.54) is 6.08 Å². The fourth-order valence-corrected chi connectivity index (χ4v) is 1.16. The standard InChI is InChI=1S/C8H10N2O2S/c9-13(11,12)6-2-4-8-3-1-5-10-7-8/h1-5,7H,6H2,(H2,9,11,12)/b4-2+. The first-order valence-corrected chi connectivity index (χ1v) is 5.36. The molecule has 0 aliphatic rings. The van der Waals surface area contributed by atoms with Crippen LogP contribution in [0.1, 0.15) is 5.56 Å². The first kappa shape index (κ1) is 9.88. The van der Waals surface area contributed by atoms with E-state index in [9.17, 15) is 8.42 Å². The average molecular weight is 198 g/mol. The van der Waals surface area contributed by atoms with Gasteiger partial charge in [0.15, 0.2) is 0 Å². The number of rotatable bonds is 3. The minimum Gasteiger partial charge on any atom is -0.264 e. The molecular formula is C8H10N2O2S. The first-order chi connectivity index (χ1) is 6.08. The van der Waals surface area contributed by atoms with Gasteiger partial charge in [-0.05, 0) is 11.6 Å². The number of sulfonamides is 1. The van der Waals surface area contributed by atoms with Crippen molar-refractivity contribution in [2.75, 3.05) is 5.75 Å². The molecule has 0 bridgehead atoms. The lowest BCUT2D eigenvalue weighted by Crippen LogP contribution is -2.14. The summed E-state index contributed by atoms with van der Waals surface area (Å²) in [6.07, 6.45) is 6.44. The van der Waals surface area contributed by atoms with Crippen molar-refractivity contribution in [2.45, 2.75) is 0 Å². The zero-order chi connectivity index (χ0) is 9.73. The van der Waals surface area contributed by atoms with Crippen LogP contribution < -0.4 is 5.14 Å². The minimum atomic E-state index is -3.40. The highest BCUT2D eigenvalue weighted by Gasteiger charge is 1.96. The van der Waals surface area contributed by atoms with Crippen LogP contribution in [0.15, 0.2) is 30.6 Å². The van der Waals surface area contributed by atoms with Gasteiger partial charge in [0.05, 0.1) is 5.75 Å². The summed E-state index contributed by atoms with van der Waals surface area (Å²) >= 11 is 0. The fourth-order valence-electron chi connectivity index (χ4n) is 0.793. The SMILES string of the molecule is NS(=O)(=O)C/C=C/c1cccnc1. The van der Waals surface area contributed by atoms with Crippen molar-refractivity contribution in [1.29, 1.82) is 0 Å². The van der Waals surface area contributed by atoms with Gasteiger partial charge in [-0.3, -0.25) is 4.98 Å². The molecule has 1 rings (SSSR count). The van der Waals surface area contributed by atoms with Gasteiger partial charge < -0.3 is 0 Å². The number of primary sulfonamides is 1. The first-order valence-electron chi connectivity index (χ1n) is 3.65. The topological polar surface area (TPSA) is 73.1 Å². The summed E-state index contributed by atoms with van der Waals surface area (Å²) in [5, 5.41) is 4.80. The second kappa shape index (κ2) is 4.15. The van der Waals surface area contributed by atoms with E-state index < -0.39 is 10.0 Å². The summed E-state index contributed by atoms with van der Waals surface area (Å²) in [4.78, 5) is 3.87. The van der Waals surface area contributed by atoms with E-state index in [2.05, 4.69) is 4.98 Å². The van der Waals surface area contributed by atoms with E-state index in [1.807, 2.05) is 6.07 Å². The van der Waals surface area contributed by atoms with Gasteiger partial charge in [0, 0.05) is 12.4 Å². The summed E-state index contributed by atoms with van der Waals surface area (Å²) in [7, 11) is -3.40. The van der Waals surface area contributed by atoms with Crippen molar-refractivity contribution in [2.24, 2.45) is 5.14 Å². The molecule has 1 aromatic rings. The highest BCUT2D eigenvalue weighted by Crippen LogP contribution is 1.98. The lowest BCUT2D eigenvalue weighted by Gasteiger charge is -1.91. The molecule has 0 aliphatic carbocycles. The summed E-state index contributed by atoms with van der Waals surface area (Å²) in [5.41, 5.74) is 0.853. The maximum atomic E-state index is 10.5. The van der Waals surface area contributed by atoms with Gasteiger partial charge in [-0.15, -0.1) is 0 Å². The van der Waals surface area contributed by atoms with Crippen molar-refractivity contribution in [3.05, 3.63) is 36.2 Å². The van der Waals surface area contributed by atoms with Crippen LogP contribution in [-0.2, 0) is 10.0 Å². The van der Waals surface area contributed by atoms with E-state index in [0.717, 1.165) is 5.56 Å². The highest BCUT2D eigenvalue weighted by molar-refractivity contribution is 7.89. The molecule has 0 unspecified atom stereocenters. The van der Waals surface area contributed by atoms with Crippen LogP contribution in [0, 0.1) is 0 Å². The molecule has 4 nitrogen and oxygen atoms in total. The monoisotopic (exact) mass is 198 g/mol. The third-order valence-electron chi connectivity index (χ3n) is 1.32. The number of nitrogens with two attached hydrogens (primary N) is 1. The second-order valence-corrected chi connectivity index (χ2v) is 4.18. The molecule has 0 aliphatic heterocycles. The molecule has 5 heteroatoms. The van der Waals surface area contributed by atoms with Crippen LogP contribution >= 0.6 is 0 Å². The molecule has 70 valence electrons. The van der Waals surface area contributed by atoms with Crippen molar-refractivity contribution in [1.82, 2.24) is 4.98 Å². The summed E-state index contributed by atoms with van der Waals surface area (Å²) < 4.78 is 21.1. The molecule has 1 heterocycles. The summed E-state index contributed by atoms with van der Waals surface area (Å²) in [6.45, 7) is 0. The zero-order valence-electron chi connectivity index (χ0n) is 6.92. The third-order valence-corrected chi connectivity index (χ3v) is 1.98. The van der Waals surface area contributed by atoms with Crippen LogP contribution in [0.5, 0.6) is 0 Å². The lowest BCUT2D eigenvalue weighted by molar-refractivity contribution is 0.600. The van der Waals surface area contributed by atoms with Gasteiger partial charge >= 0.3 is 0 Å². The van der Waals surface area contributed by atoms with Gasteiger partial charge in [-0.1, -0.05) is 18.2 Å². The van der Waals surface area contributed by atoms with Crippen LogP contribution in [0.3, 0.4) is 0 Å². The van der Waals surface area contributed by atoms with Crippen LogP contribution in [0.2, 0.25) is 0 Å². The molecule has 0 saturated heterocycles. The summed E-state index contributed by atoms with van der Waals surface area (Å²) in [6, 6.07) is 3.60. The number of hydrogen-bond donors (Lipinski definition) is 1. The fraction of sp³-hybridized carbons (Fsp3) is 0.125. The molecular weight excluding hydrogens is 188 g/mol. The molecule has 0 spiro atoms. The average Bonchev–Trinajstić information content (AvgIpc) is 2.04. The molecule has 0 aromatic carbocycles. The molecule has 0 atom stereocenters. The predicted molar refractivity (Wildman–Crippen MR) is 51.2 cm³/mol. The van der Waals surface area contributed by atoms with Crippen LogP contribution in [0.25, 0.3) is 6.08 Å². The van der Waals surface area contributed by atoms with Crippen molar-refractivity contribution >= 4 is 16.1 Å². The van der Waals surface area contributed by atoms with Gasteiger partial charge in [-0.2, -0.15) is 0 Å². The quantitative estimate of drug-likeness (QED) is 0.763. The Labute approximate surface area is 77.2 Å². The molecule has 0 radical (unpaired) electrons. The molecule has 1 aromatic heterocycles. The third kappa shape index (κ3) is 4.39. The number of aromatic nitrogens is 1. The zero-order valence-corrected chi connectivity index (χ0v) is 7.74. The van der Waals surface area contributed by atoms with E-state index in [4.69, 9.17) is 5.14 Å². The number of hydrogen-bond acceptors (Lipinski definition) is 3.